The van der Waals surface area contributed by atoms with Gasteiger partial charge in [0.05, 0.1) is 0 Å². The molecule has 15 heavy (non-hydrogen) atoms. The fraction of sp³-hybridized carbons (Fsp3) is 0.846. The molecular formula is C13H24O2. The number of ketones is 2. The number of hydrogen-bond donors (Lipinski definition) is 0. The molecule has 0 heterocycles. The quantitative estimate of drug-likeness (QED) is 0.676. The van der Waals surface area contributed by atoms with Crippen LogP contribution in [0.3, 0.4) is 0 Å². The van der Waals surface area contributed by atoms with E-state index in [1.54, 1.807) is 6.92 Å². The maximum absolute atomic E-state index is 11.9. The number of carbonyl (C=O) groups excluding carboxylic acids is 2. The van der Waals surface area contributed by atoms with E-state index in [9.17, 15) is 9.59 Å². The van der Waals surface area contributed by atoms with Crippen LogP contribution in [0.5, 0.6) is 0 Å². The molecule has 0 spiro atoms. The second-order valence-corrected chi connectivity index (χ2v) is 5.31. The van der Waals surface area contributed by atoms with E-state index in [2.05, 4.69) is 0 Å². The molecular weight excluding hydrogens is 188 g/mol. The minimum atomic E-state index is -0.393. The van der Waals surface area contributed by atoms with E-state index in [0.29, 0.717) is 12.8 Å². The van der Waals surface area contributed by atoms with Crippen LogP contribution in [0.4, 0.5) is 0 Å². The van der Waals surface area contributed by atoms with Crippen LogP contribution in [0.2, 0.25) is 0 Å². The predicted octanol–water partition coefficient (Wildman–Crippen LogP) is 3.39. The number of hydrogen-bond acceptors (Lipinski definition) is 2. The average Bonchev–Trinajstić information content (AvgIpc) is 2.15. The third-order valence-electron chi connectivity index (χ3n) is 3.56. The Bertz CT molecular complexity index is 253. The van der Waals surface area contributed by atoms with E-state index in [0.717, 1.165) is 6.42 Å². The zero-order valence-electron chi connectivity index (χ0n) is 10.9. The van der Waals surface area contributed by atoms with E-state index in [4.69, 9.17) is 0 Å². The summed E-state index contributed by atoms with van der Waals surface area (Å²) in [4.78, 5) is 23.3. The molecule has 0 saturated heterocycles. The lowest BCUT2D eigenvalue weighted by Gasteiger charge is -2.34. The van der Waals surface area contributed by atoms with Crippen molar-refractivity contribution in [3.63, 3.8) is 0 Å². The van der Waals surface area contributed by atoms with Crippen LogP contribution in [0, 0.1) is 10.8 Å². The maximum atomic E-state index is 11.9. The van der Waals surface area contributed by atoms with Crippen molar-refractivity contribution in [1.82, 2.24) is 0 Å². The molecule has 0 bridgehead atoms. The fourth-order valence-corrected chi connectivity index (χ4v) is 1.95. The van der Waals surface area contributed by atoms with E-state index >= 15 is 0 Å². The molecule has 0 amide bonds. The van der Waals surface area contributed by atoms with Gasteiger partial charge >= 0.3 is 0 Å². The third kappa shape index (κ3) is 3.44. The number of carbonyl (C=O) groups is 2. The van der Waals surface area contributed by atoms with E-state index < -0.39 is 5.41 Å². The summed E-state index contributed by atoms with van der Waals surface area (Å²) in [5, 5.41) is 0. The highest BCUT2D eigenvalue weighted by Gasteiger charge is 2.38. The molecule has 0 aromatic heterocycles. The molecule has 2 nitrogen and oxygen atoms in total. The smallest absolute Gasteiger partial charge is 0.138 e. The summed E-state index contributed by atoms with van der Waals surface area (Å²) < 4.78 is 0. The second kappa shape index (κ2) is 4.91. The van der Waals surface area contributed by atoms with Gasteiger partial charge in [0.2, 0.25) is 0 Å². The van der Waals surface area contributed by atoms with Crippen molar-refractivity contribution in [3.05, 3.63) is 0 Å². The molecule has 0 aromatic carbocycles. The van der Waals surface area contributed by atoms with Gasteiger partial charge in [-0.1, -0.05) is 34.6 Å². The van der Waals surface area contributed by atoms with Crippen LogP contribution in [-0.4, -0.2) is 11.6 Å². The summed E-state index contributed by atoms with van der Waals surface area (Å²) in [6, 6.07) is 0. The van der Waals surface area contributed by atoms with Gasteiger partial charge in [-0.2, -0.15) is 0 Å². The first-order valence-corrected chi connectivity index (χ1v) is 5.74. The monoisotopic (exact) mass is 212 g/mol. The Kier molecular flexibility index (Phi) is 4.69. The van der Waals surface area contributed by atoms with Crippen molar-refractivity contribution in [3.8, 4) is 0 Å². The SMILES string of the molecule is CCC(=O)C(C)(CC)CC(C)(C)C(C)=O. The third-order valence-corrected chi connectivity index (χ3v) is 3.56. The lowest BCUT2D eigenvalue weighted by molar-refractivity contribution is -0.133. The minimum absolute atomic E-state index is 0.158. The van der Waals surface area contributed by atoms with E-state index in [-0.39, 0.29) is 17.0 Å². The molecule has 1 unspecified atom stereocenters. The Balaban J connectivity index is 4.86. The lowest BCUT2D eigenvalue weighted by Crippen LogP contribution is -2.35. The molecule has 1 atom stereocenters. The van der Waals surface area contributed by atoms with Crippen molar-refractivity contribution in [1.29, 1.82) is 0 Å². The molecule has 0 saturated carbocycles. The molecule has 0 aromatic rings. The summed E-state index contributed by atoms with van der Waals surface area (Å²) in [5.74, 6) is 0.422. The molecule has 0 N–H and O–H groups in total. The summed E-state index contributed by atoms with van der Waals surface area (Å²) in [5.41, 5.74) is -0.737. The maximum Gasteiger partial charge on any atom is 0.138 e. The van der Waals surface area contributed by atoms with Crippen LogP contribution in [0.1, 0.15) is 60.8 Å². The highest BCUT2D eigenvalue weighted by Crippen LogP contribution is 2.38. The van der Waals surface area contributed by atoms with Gasteiger partial charge in [0.25, 0.3) is 0 Å². The molecule has 0 radical (unpaired) electrons. The van der Waals surface area contributed by atoms with Gasteiger partial charge in [0.15, 0.2) is 0 Å². The first-order valence-electron chi connectivity index (χ1n) is 5.74. The van der Waals surface area contributed by atoms with Crippen molar-refractivity contribution in [2.75, 3.05) is 0 Å². The largest absolute Gasteiger partial charge is 0.299 e. The van der Waals surface area contributed by atoms with Gasteiger partial charge in [-0.05, 0) is 19.8 Å². The average molecular weight is 212 g/mol. The highest BCUT2D eigenvalue weighted by atomic mass is 16.1. The first kappa shape index (κ1) is 14.3. The minimum Gasteiger partial charge on any atom is -0.299 e. The Labute approximate surface area is 93.4 Å². The predicted molar refractivity (Wildman–Crippen MR) is 62.8 cm³/mol. The molecule has 88 valence electrons. The van der Waals surface area contributed by atoms with Gasteiger partial charge in [-0.25, -0.2) is 0 Å². The van der Waals surface area contributed by atoms with Crippen molar-refractivity contribution in [2.24, 2.45) is 10.8 Å². The van der Waals surface area contributed by atoms with Crippen LogP contribution in [-0.2, 0) is 9.59 Å². The summed E-state index contributed by atoms with van der Waals surface area (Å²) in [6.45, 7) is 11.3. The summed E-state index contributed by atoms with van der Waals surface area (Å²) in [6.07, 6.45) is 2.01. The molecule has 2 heteroatoms. The summed E-state index contributed by atoms with van der Waals surface area (Å²) in [7, 11) is 0. The van der Waals surface area contributed by atoms with E-state index in [1.807, 2.05) is 34.6 Å². The molecule has 0 aliphatic heterocycles. The van der Waals surface area contributed by atoms with Crippen molar-refractivity contribution >= 4 is 11.6 Å². The first-order chi connectivity index (χ1) is 6.69. The van der Waals surface area contributed by atoms with Crippen LogP contribution in [0.25, 0.3) is 0 Å². The van der Waals surface area contributed by atoms with Gasteiger partial charge in [-0.15, -0.1) is 0 Å². The van der Waals surface area contributed by atoms with Crippen LogP contribution in [0.15, 0.2) is 0 Å². The zero-order valence-corrected chi connectivity index (χ0v) is 10.9. The van der Waals surface area contributed by atoms with Crippen molar-refractivity contribution in [2.45, 2.75) is 60.8 Å². The van der Waals surface area contributed by atoms with E-state index in [1.165, 1.54) is 0 Å². The standard InChI is InChI=1S/C13H24O2/c1-7-11(15)13(6,8-2)9-12(4,5)10(3)14/h7-9H2,1-6H3. The molecule has 0 fully saturated rings. The van der Waals surface area contributed by atoms with Crippen molar-refractivity contribution < 1.29 is 9.59 Å². The van der Waals surface area contributed by atoms with Gasteiger partial charge in [0, 0.05) is 17.3 Å². The Morgan fingerprint density at radius 2 is 1.53 bits per heavy atom. The molecule has 0 aliphatic rings. The topological polar surface area (TPSA) is 34.1 Å². The van der Waals surface area contributed by atoms with Gasteiger partial charge in [-0.3, -0.25) is 9.59 Å². The highest BCUT2D eigenvalue weighted by molar-refractivity contribution is 5.86. The number of rotatable bonds is 6. The Hall–Kier alpha value is -0.660. The fourth-order valence-electron chi connectivity index (χ4n) is 1.95. The van der Waals surface area contributed by atoms with Gasteiger partial charge in [0.1, 0.15) is 11.6 Å². The Morgan fingerprint density at radius 1 is 1.07 bits per heavy atom. The second-order valence-electron chi connectivity index (χ2n) is 5.31. The summed E-state index contributed by atoms with van der Waals surface area (Å²) >= 11 is 0. The molecule has 0 rings (SSSR count). The number of Topliss-reactive ketones (excluding diaryl/α,β-unsaturated/α-hetero) is 2. The van der Waals surface area contributed by atoms with Crippen LogP contribution >= 0.6 is 0 Å². The normalized spacial score (nSPS) is 15.9. The molecule has 0 aliphatic carbocycles. The lowest BCUT2D eigenvalue weighted by atomic mass is 9.68. The van der Waals surface area contributed by atoms with Crippen LogP contribution < -0.4 is 0 Å². The zero-order chi connectivity index (χ0) is 12.3. The van der Waals surface area contributed by atoms with Gasteiger partial charge < -0.3 is 0 Å². The Morgan fingerprint density at radius 3 is 1.80 bits per heavy atom.